The molecule has 0 radical (unpaired) electrons. The molecule has 0 aromatic carbocycles. The van der Waals surface area contributed by atoms with Gasteiger partial charge in [0.1, 0.15) is 0 Å². The zero-order valence-corrected chi connectivity index (χ0v) is 27.5. The van der Waals surface area contributed by atoms with Gasteiger partial charge in [-0.3, -0.25) is 4.98 Å². The van der Waals surface area contributed by atoms with Crippen molar-refractivity contribution in [2.45, 2.75) is 173 Å². The number of rotatable bonds is 7. The van der Waals surface area contributed by atoms with Crippen LogP contribution in [0.15, 0.2) is 0 Å². The maximum absolute atomic E-state index is 5.19. The van der Waals surface area contributed by atoms with Gasteiger partial charge in [0.2, 0.25) is 0 Å². The van der Waals surface area contributed by atoms with Crippen molar-refractivity contribution in [3.8, 4) is 0 Å². The Bertz CT molecular complexity index is 1580. The zero-order chi connectivity index (χ0) is 29.0. The monoisotopic (exact) mass is 575 g/mol. The van der Waals surface area contributed by atoms with Gasteiger partial charge in [-0.25, -0.2) is 0 Å². The van der Waals surface area contributed by atoms with Crippen LogP contribution in [-0.2, 0) is 64.3 Å². The Labute approximate surface area is 259 Å². The molecule has 4 unspecified atom stereocenters. The Morgan fingerprint density at radius 1 is 0.628 bits per heavy atom. The first kappa shape index (κ1) is 27.1. The smallest absolute Gasteiger partial charge is 0.0442 e. The molecule has 0 saturated carbocycles. The molecule has 228 valence electrons. The average Bonchev–Trinajstić information content (AvgIpc) is 3.79. The van der Waals surface area contributed by atoms with Crippen molar-refractivity contribution in [3.05, 3.63) is 73.1 Å². The second-order valence-electron chi connectivity index (χ2n) is 15.9. The summed E-state index contributed by atoms with van der Waals surface area (Å²) in [6.07, 6.45) is 22.4. The van der Waals surface area contributed by atoms with Crippen LogP contribution in [0.2, 0.25) is 0 Å². The third-order valence-electron chi connectivity index (χ3n) is 13.1. The minimum absolute atomic E-state index is 0.654. The molecule has 4 atom stereocenters. The van der Waals surface area contributed by atoms with Gasteiger partial charge in [0.15, 0.2) is 0 Å². The largest absolute Gasteiger partial charge is 0.347 e. The van der Waals surface area contributed by atoms with Crippen LogP contribution >= 0.6 is 0 Å². The van der Waals surface area contributed by atoms with Crippen LogP contribution in [0.3, 0.4) is 0 Å². The van der Waals surface area contributed by atoms with Gasteiger partial charge in [0.05, 0.1) is 0 Å². The van der Waals surface area contributed by atoms with E-state index in [4.69, 9.17) is 4.98 Å². The fraction of sp³-hybridized carbons (Fsp3) is 0.675. The molecule has 0 amide bonds. The summed E-state index contributed by atoms with van der Waals surface area (Å²) in [5.74, 6) is 2.75. The highest BCUT2D eigenvalue weighted by Gasteiger charge is 2.40. The Morgan fingerprint density at radius 2 is 1.28 bits per heavy atom. The molecule has 3 heteroatoms. The third kappa shape index (κ3) is 3.94. The van der Waals surface area contributed by atoms with E-state index in [1.165, 1.54) is 127 Å². The molecule has 6 aliphatic rings. The SMILES string of the molecule is CC(C)c1c2c(c3n1CCC3CC(C)c1c3c(n4c1CCC4CC(C)c1c4c(nc5c1CCC5)CCC4)CCC3)CCC2. The Kier molecular flexibility index (Phi) is 6.36. The molecule has 0 fully saturated rings. The summed E-state index contributed by atoms with van der Waals surface area (Å²) in [5.41, 5.74) is 22.2. The van der Waals surface area contributed by atoms with Gasteiger partial charge >= 0.3 is 0 Å². The molecule has 3 aromatic rings. The lowest BCUT2D eigenvalue weighted by Gasteiger charge is -2.25. The third-order valence-corrected chi connectivity index (χ3v) is 13.1. The number of aryl methyl sites for hydroxylation is 2. The van der Waals surface area contributed by atoms with Crippen molar-refractivity contribution in [1.29, 1.82) is 0 Å². The van der Waals surface area contributed by atoms with Gasteiger partial charge in [-0.2, -0.15) is 0 Å². The average molecular weight is 576 g/mol. The summed E-state index contributed by atoms with van der Waals surface area (Å²) >= 11 is 0. The predicted octanol–water partition coefficient (Wildman–Crippen LogP) is 9.13. The summed E-state index contributed by atoms with van der Waals surface area (Å²) in [6.45, 7) is 11.3. The summed E-state index contributed by atoms with van der Waals surface area (Å²) in [5, 5.41) is 0. The van der Waals surface area contributed by atoms with Gasteiger partial charge in [-0.1, -0.05) is 27.7 Å². The van der Waals surface area contributed by atoms with Crippen molar-refractivity contribution in [2.24, 2.45) is 0 Å². The van der Waals surface area contributed by atoms with Crippen molar-refractivity contribution in [2.75, 3.05) is 0 Å². The van der Waals surface area contributed by atoms with Gasteiger partial charge in [-0.05, 0) is 166 Å². The summed E-state index contributed by atoms with van der Waals surface area (Å²) in [4.78, 5) is 5.19. The van der Waals surface area contributed by atoms with E-state index in [0.29, 0.717) is 23.8 Å². The Morgan fingerprint density at radius 3 is 2.05 bits per heavy atom. The van der Waals surface area contributed by atoms with Gasteiger partial charge < -0.3 is 9.13 Å². The summed E-state index contributed by atoms with van der Waals surface area (Å²) in [7, 11) is 0. The van der Waals surface area contributed by atoms with Crippen molar-refractivity contribution in [3.63, 3.8) is 0 Å². The number of pyridine rings is 1. The van der Waals surface area contributed by atoms with Crippen LogP contribution < -0.4 is 0 Å². The molecular formula is C40H53N3. The van der Waals surface area contributed by atoms with E-state index in [2.05, 4.69) is 36.8 Å². The van der Waals surface area contributed by atoms with E-state index < -0.39 is 0 Å². The lowest BCUT2D eigenvalue weighted by Crippen LogP contribution is -2.14. The predicted molar refractivity (Wildman–Crippen MR) is 176 cm³/mol. The topological polar surface area (TPSA) is 22.8 Å². The first-order valence-corrected chi connectivity index (χ1v) is 18.5. The standard InChI is InChI=1S/C40H53N3/c1-23(2)39-28-9-5-10-29(28)40-26(19-20-42(39)40)21-24(3)38-32-13-8-16-35(32)43-27(17-18-36(38)43)22-25(4)37-30-11-6-14-33(30)41-34-15-7-12-31(34)37/h23-27H,5-22H2,1-4H3. The molecule has 5 heterocycles. The second kappa shape index (κ2) is 10.1. The van der Waals surface area contributed by atoms with Gasteiger partial charge in [0, 0.05) is 52.7 Å². The molecule has 0 N–H and O–H groups in total. The van der Waals surface area contributed by atoms with Crippen molar-refractivity contribution >= 4 is 0 Å². The molecule has 4 aliphatic carbocycles. The first-order valence-electron chi connectivity index (χ1n) is 18.5. The van der Waals surface area contributed by atoms with E-state index in [0.717, 1.165) is 5.92 Å². The van der Waals surface area contributed by atoms with Crippen LogP contribution in [0.5, 0.6) is 0 Å². The van der Waals surface area contributed by atoms with E-state index in [1.807, 2.05) is 5.56 Å². The fourth-order valence-corrected chi connectivity index (χ4v) is 11.8. The maximum atomic E-state index is 5.19. The van der Waals surface area contributed by atoms with Crippen molar-refractivity contribution < 1.29 is 0 Å². The van der Waals surface area contributed by atoms with Crippen LogP contribution in [0.25, 0.3) is 0 Å². The first-order chi connectivity index (χ1) is 21.0. The number of aromatic nitrogens is 3. The van der Waals surface area contributed by atoms with E-state index >= 15 is 0 Å². The zero-order valence-electron chi connectivity index (χ0n) is 27.5. The number of fused-ring (bicyclic) bond motifs is 8. The highest BCUT2D eigenvalue weighted by molar-refractivity contribution is 5.50. The van der Waals surface area contributed by atoms with Gasteiger partial charge in [-0.15, -0.1) is 0 Å². The molecular weight excluding hydrogens is 522 g/mol. The molecule has 9 rings (SSSR count). The highest BCUT2D eigenvalue weighted by atomic mass is 15.1. The lowest BCUT2D eigenvalue weighted by molar-refractivity contribution is 0.440. The lowest BCUT2D eigenvalue weighted by atomic mass is 9.84. The normalized spacial score (nSPS) is 24.4. The minimum Gasteiger partial charge on any atom is -0.347 e. The number of nitrogens with zero attached hydrogens (tertiary/aromatic N) is 3. The molecule has 0 saturated heterocycles. The molecule has 0 spiro atoms. The summed E-state index contributed by atoms with van der Waals surface area (Å²) < 4.78 is 5.77. The van der Waals surface area contributed by atoms with Crippen molar-refractivity contribution in [1.82, 2.24) is 14.1 Å². The molecule has 43 heavy (non-hydrogen) atoms. The van der Waals surface area contributed by atoms with E-state index in [9.17, 15) is 0 Å². The molecule has 3 nitrogen and oxygen atoms in total. The summed E-state index contributed by atoms with van der Waals surface area (Å²) in [6, 6.07) is 0.695. The second-order valence-corrected chi connectivity index (χ2v) is 15.9. The van der Waals surface area contributed by atoms with E-state index in [1.54, 1.807) is 56.2 Å². The molecule has 3 aromatic heterocycles. The van der Waals surface area contributed by atoms with Crippen LogP contribution in [0, 0.1) is 0 Å². The number of hydrogen-bond acceptors (Lipinski definition) is 1. The van der Waals surface area contributed by atoms with Crippen LogP contribution in [0.1, 0.15) is 182 Å². The van der Waals surface area contributed by atoms with E-state index in [-0.39, 0.29) is 0 Å². The Balaban J connectivity index is 1.02. The van der Waals surface area contributed by atoms with Crippen LogP contribution in [-0.4, -0.2) is 14.1 Å². The maximum Gasteiger partial charge on any atom is 0.0442 e. The number of hydrogen-bond donors (Lipinski definition) is 0. The molecule has 0 bridgehead atoms. The van der Waals surface area contributed by atoms with Crippen LogP contribution in [0.4, 0.5) is 0 Å². The minimum atomic E-state index is 0.654. The Hall–Kier alpha value is -2.29. The fourth-order valence-electron chi connectivity index (χ4n) is 11.8. The highest BCUT2D eigenvalue weighted by Crippen LogP contribution is 2.50. The molecule has 2 aliphatic heterocycles. The van der Waals surface area contributed by atoms with Gasteiger partial charge in [0.25, 0.3) is 0 Å². The quantitative estimate of drug-likeness (QED) is 0.275.